The number of hydrogen-bond acceptors (Lipinski definition) is 6. The third-order valence-corrected chi connectivity index (χ3v) is 3.59. The van der Waals surface area contributed by atoms with Crippen molar-refractivity contribution in [1.82, 2.24) is 19.7 Å². The van der Waals surface area contributed by atoms with E-state index in [0.717, 1.165) is 4.68 Å². The van der Waals surface area contributed by atoms with Crippen molar-refractivity contribution < 1.29 is 17.6 Å². The first-order valence-electron chi connectivity index (χ1n) is 7.63. The monoisotopic (exact) mass is 371 g/mol. The normalized spacial score (nSPS) is 13.8. The van der Waals surface area contributed by atoms with Gasteiger partial charge in [-0.2, -0.15) is 28.5 Å². The summed E-state index contributed by atoms with van der Waals surface area (Å²) in [4.78, 5) is 7.53. The Morgan fingerprint density at radius 2 is 2.04 bits per heavy atom. The fourth-order valence-electron chi connectivity index (χ4n) is 2.05. The van der Waals surface area contributed by atoms with Crippen molar-refractivity contribution in [3.05, 3.63) is 23.7 Å². The highest BCUT2D eigenvalue weighted by Crippen LogP contribution is 2.34. The molecule has 0 aliphatic heterocycles. The maximum absolute atomic E-state index is 13.1. The highest BCUT2D eigenvalue weighted by Gasteiger charge is 2.35. The van der Waals surface area contributed by atoms with Crippen molar-refractivity contribution in [2.45, 2.75) is 32.5 Å². The predicted octanol–water partition coefficient (Wildman–Crippen LogP) is 3.38. The minimum atomic E-state index is -4.59. The van der Waals surface area contributed by atoms with Crippen molar-refractivity contribution in [3.63, 3.8) is 0 Å². The third kappa shape index (κ3) is 3.84. The molecule has 0 aromatic carbocycles. The van der Waals surface area contributed by atoms with E-state index in [-0.39, 0.29) is 18.3 Å². The van der Waals surface area contributed by atoms with Gasteiger partial charge in [0.05, 0.1) is 23.6 Å². The molecule has 0 aliphatic carbocycles. The summed E-state index contributed by atoms with van der Waals surface area (Å²) in [6.45, 7) is 3.91. The molecule has 2 aromatic heterocycles. The smallest absolute Gasteiger partial charge is 0.370 e. The highest BCUT2D eigenvalue weighted by molar-refractivity contribution is 5.58. The number of aryl methyl sites for hydroxylation is 1. The molecule has 1 atom stereocenters. The van der Waals surface area contributed by atoms with Crippen LogP contribution in [-0.4, -0.2) is 33.0 Å². The van der Waals surface area contributed by atoms with Crippen LogP contribution in [0.3, 0.4) is 0 Å². The van der Waals surface area contributed by atoms with Gasteiger partial charge in [-0.1, -0.05) is 0 Å². The van der Waals surface area contributed by atoms with E-state index in [1.807, 2.05) is 6.07 Å². The van der Waals surface area contributed by atoms with Gasteiger partial charge in [-0.3, -0.25) is 0 Å². The molecule has 0 saturated heterocycles. The molecule has 2 aromatic rings. The number of hydrogen-bond donors (Lipinski definition) is 2. The van der Waals surface area contributed by atoms with Crippen LogP contribution in [0.4, 0.5) is 35.0 Å². The maximum Gasteiger partial charge on any atom is 0.421 e. The van der Waals surface area contributed by atoms with E-state index in [9.17, 15) is 17.6 Å². The lowest BCUT2D eigenvalue weighted by atomic mass is 10.1. The molecule has 0 spiro atoms. The molecular formula is C15H17F4N7. The van der Waals surface area contributed by atoms with E-state index in [1.165, 1.54) is 13.1 Å². The topological polar surface area (TPSA) is 91.5 Å². The van der Waals surface area contributed by atoms with Gasteiger partial charge in [0.1, 0.15) is 18.1 Å². The SMILES string of the molecule is CCNc1nc(Nc2cn(C(C)(C#N)CF)nc2C)ncc1C(F)(F)F. The number of alkyl halides is 4. The summed E-state index contributed by atoms with van der Waals surface area (Å²) < 4.78 is 53.3. The van der Waals surface area contributed by atoms with Crippen LogP contribution in [0, 0.1) is 18.3 Å². The van der Waals surface area contributed by atoms with Gasteiger partial charge in [0.15, 0.2) is 5.54 Å². The average molecular weight is 371 g/mol. The van der Waals surface area contributed by atoms with Gasteiger partial charge < -0.3 is 10.6 Å². The van der Waals surface area contributed by atoms with Crippen LogP contribution >= 0.6 is 0 Å². The van der Waals surface area contributed by atoms with Crippen LogP contribution < -0.4 is 10.6 Å². The van der Waals surface area contributed by atoms with Crippen LogP contribution in [0.25, 0.3) is 0 Å². The fraction of sp³-hybridized carbons (Fsp3) is 0.467. The van der Waals surface area contributed by atoms with Crippen LogP contribution in [0.15, 0.2) is 12.4 Å². The zero-order valence-electron chi connectivity index (χ0n) is 14.3. The van der Waals surface area contributed by atoms with E-state index >= 15 is 0 Å². The van der Waals surface area contributed by atoms with E-state index in [0.29, 0.717) is 17.6 Å². The maximum atomic E-state index is 13.1. The van der Waals surface area contributed by atoms with Crippen molar-refractivity contribution >= 4 is 17.5 Å². The molecule has 0 amide bonds. The molecule has 0 aliphatic rings. The molecule has 0 bridgehead atoms. The van der Waals surface area contributed by atoms with Gasteiger partial charge in [-0.25, -0.2) is 14.1 Å². The molecule has 26 heavy (non-hydrogen) atoms. The second-order valence-electron chi connectivity index (χ2n) is 5.70. The molecule has 2 N–H and O–H groups in total. The average Bonchev–Trinajstić information content (AvgIpc) is 2.95. The lowest BCUT2D eigenvalue weighted by Gasteiger charge is -2.17. The Balaban J connectivity index is 2.36. The Labute approximate surface area is 147 Å². The van der Waals surface area contributed by atoms with Gasteiger partial charge in [-0.05, 0) is 20.8 Å². The highest BCUT2D eigenvalue weighted by atomic mass is 19.4. The van der Waals surface area contributed by atoms with Gasteiger partial charge in [0.25, 0.3) is 0 Å². The second kappa shape index (κ2) is 7.15. The van der Waals surface area contributed by atoms with Gasteiger partial charge >= 0.3 is 6.18 Å². The summed E-state index contributed by atoms with van der Waals surface area (Å²) in [6.07, 6.45) is -2.54. The Kier molecular flexibility index (Phi) is 5.34. The molecule has 140 valence electrons. The number of nitriles is 1. The molecule has 11 heteroatoms. The van der Waals surface area contributed by atoms with E-state index < -0.39 is 24.0 Å². The number of halogens is 4. The first kappa shape index (κ1) is 19.4. The number of nitrogens with one attached hydrogen (secondary N) is 2. The van der Waals surface area contributed by atoms with Crippen molar-refractivity contribution in [1.29, 1.82) is 5.26 Å². The second-order valence-corrected chi connectivity index (χ2v) is 5.70. The summed E-state index contributed by atoms with van der Waals surface area (Å²) in [5, 5.41) is 18.5. The lowest BCUT2D eigenvalue weighted by molar-refractivity contribution is -0.137. The third-order valence-electron chi connectivity index (χ3n) is 3.59. The molecule has 0 saturated carbocycles. The van der Waals surface area contributed by atoms with Gasteiger partial charge in [0.2, 0.25) is 5.95 Å². The molecule has 1 unspecified atom stereocenters. The minimum absolute atomic E-state index is 0.0875. The Morgan fingerprint density at radius 1 is 1.35 bits per heavy atom. The fourth-order valence-corrected chi connectivity index (χ4v) is 2.05. The van der Waals surface area contributed by atoms with Crippen LogP contribution in [0.2, 0.25) is 0 Å². The summed E-state index contributed by atoms with van der Waals surface area (Å²) in [6, 6.07) is 1.83. The Morgan fingerprint density at radius 3 is 2.58 bits per heavy atom. The summed E-state index contributed by atoms with van der Waals surface area (Å²) in [5.74, 6) is -0.441. The van der Waals surface area contributed by atoms with Crippen molar-refractivity contribution in [2.75, 3.05) is 23.9 Å². The van der Waals surface area contributed by atoms with Crippen LogP contribution in [-0.2, 0) is 11.7 Å². The van der Waals surface area contributed by atoms with E-state index in [2.05, 4.69) is 25.7 Å². The zero-order valence-corrected chi connectivity index (χ0v) is 14.3. The molecule has 0 radical (unpaired) electrons. The van der Waals surface area contributed by atoms with Crippen molar-refractivity contribution in [3.8, 4) is 6.07 Å². The Hall–Kier alpha value is -2.90. The van der Waals surface area contributed by atoms with Crippen LogP contribution in [0.5, 0.6) is 0 Å². The summed E-state index contributed by atoms with van der Waals surface area (Å²) in [5.41, 5.74) is -1.71. The Bertz CT molecular complexity index is 824. The summed E-state index contributed by atoms with van der Waals surface area (Å²) in [7, 11) is 0. The van der Waals surface area contributed by atoms with Gasteiger partial charge in [0, 0.05) is 12.7 Å². The quantitative estimate of drug-likeness (QED) is 0.757. The molecule has 2 heterocycles. The number of aromatic nitrogens is 4. The molecule has 2 rings (SSSR count). The molecule has 0 fully saturated rings. The number of anilines is 3. The number of nitrogens with zero attached hydrogens (tertiary/aromatic N) is 5. The summed E-state index contributed by atoms with van der Waals surface area (Å²) >= 11 is 0. The van der Waals surface area contributed by atoms with Crippen molar-refractivity contribution in [2.24, 2.45) is 0 Å². The van der Waals surface area contributed by atoms with E-state index in [1.54, 1.807) is 13.8 Å². The minimum Gasteiger partial charge on any atom is -0.370 e. The zero-order chi connectivity index (χ0) is 19.5. The largest absolute Gasteiger partial charge is 0.421 e. The van der Waals surface area contributed by atoms with Crippen LogP contribution in [0.1, 0.15) is 25.1 Å². The standard InChI is InChI=1S/C15H17F4N7/c1-4-21-12-10(15(17,18)19)5-22-13(24-12)23-11-6-26(25-9(11)2)14(3,7-16)8-20/h5-6H,4,7H2,1-3H3,(H2,21,22,23,24). The van der Waals surface area contributed by atoms with Gasteiger partial charge in [-0.15, -0.1) is 0 Å². The number of rotatable bonds is 6. The first-order chi connectivity index (χ1) is 12.1. The molecule has 7 nitrogen and oxygen atoms in total. The molecular weight excluding hydrogens is 354 g/mol. The van der Waals surface area contributed by atoms with E-state index in [4.69, 9.17) is 5.26 Å². The predicted molar refractivity (Wildman–Crippen MR) is 86.7 cm³/mol. The first-order valence-corrected chi connectivity index (χ1v) is 7.63. The lowest BCUT2D eigenvalue weighted by Crippen LogP contribution is -2.31.